The molecule has 2 aromatic heterocycles. The first-order valence-electron chi connectivity index (χ1n) is 8.86. The number of hydrogen-bond acceptors (Lipinski definition) is 2. The number of nitriles is 1. The van der Waals surface area contributed by atoms with E-state index < -0.39 is 0 Å². The summed E-state index contributed by atoms with van der Waals surface area (Å²) in [6, 6.07) is 16.6. The third kappa shape index (κ3) is 2.30. The second-order valence-electron chi connectivity index (χ2n) is 7.11. The van der Waals surface area contributed by atoms with E-state index in [9.17, 15) is 5.26 Å². The maximum Gasteiger partial charge on any atom is 0.216 e. The molecule has 0 saturated carbocycles. The lowest BCUT2D eigenvalue weighted by Gasteiger charge is -2.09. The molecule has 0 amide bonds. The maximum absolute atomic E-state index is 9.79. The Morgan fingerprint density at radius 2 is 1.88 bits per heavy atom. The van der Waals surface area contributed by atoms with Crippen molar-refractivity contribution in [2.75, 3.05) is 0 Å². The molecule has 26 heavy (non-hydrogen) atoms. The number of pyridine rings is 1. The molecular weight excluding hydrogens is 320 g/mol. The van der Waals surface area contributed by atoms with Crippen molar-refractivity contribution in [1.29, 1.82) is 5.26 Å². The average molecular weight is 341 g/mol. The van der Waals surface area contributed by atoms with Gasteiger partial charge in [0.05, 0.1) is 17.2 Å². The highest BCUT2D eigenvalue weighted by Gasteiger charge is 2.24. The molecule has 0 unspecified atom stereocenters. The smallest absolute Gasteiger partial charge is 0.216 e. The van der Waals surface area contributed by atoms with Crippen molar-refractivity contribution in [3.63, 3.8) is 0 Å². The van der Waals surface area contributed by atoms with Crippen LogP contribution in [0.3, 0.4) is 0 Å². The van der Waals surface area contributed by atoms with Crippen LogP contribution in [0, 0.1) is 18.3 Å². The molecule has 0 aliphatic carbocycles. The predicted octanol–water partition coefficient (Wildman–Crippen LogP) is 5.38. The van der Waals surface area contributed by atoms with Crippen molar-refractivity contribution in [1.82, 2.24) is 0 Å². The third-order valence-corrected chi connectivity index (χ3v) is 5.05. The zero-order valence-corrected chi connectivity index (χ0v) is 15.5. The van der Waals surface area contributed by atoms with E-state index >= 15 is 0 Å². The minimum absolute atomic E-state index is 0.351. The van der Waals surface area contributed by atoms with Crippen LogP contribution in [-0.2, 0) is 7.05 Å². The van der Waals surface area contributed by atoms with Crippen LogP contribution in [-0.4, -0.2) is 0 Å². The SMILES string of the molecule is Cc1cc(C#N)c2c(oc3cccc(C(C)C)c32)c1-c1cccc[n+]1C. The number of aryl methyl sites for hydroxylation is 2. The molecule has 128 valence electrons. The fourth-order valence-corrected chi connectivity index (χ4v) is 3.82. The van der Waals surface area contributed by atoms with Crippen LogP contribution in [0.2, 0.25) is 0 Å². The van der Waals surface area contributed by atoms with Crippen molar-refractivity contribution in [2.45, 2.75) is 26.7 Å². The molecule has 3 nitrogen and oxygen atoms in total. The molecule has 0 spiro atoms. The fourth-order valence-electron chi connectivity index (χ4n) is 3.82. The zero-order valence-electron chi connectivity index (χ0n) is 15.5. The molecule has 0 bridgehead atoms. The van der Waals surface area contributed by atoms with Gasteiger partial charge >= 0.3 is 0 Å². The minimum atomic E-state index is 0.351. The van der Waals surface area contributed by atoms with Gasteiger partial charge < -0.3 is 4.42 Å². The van der Waals surface area contributed by atoms with Gasteiger partial charge in [0.15, 0.2) is 11.8 Å². The molecule has 0 N–H and O–H groups in total. The van der Waals surface area contributed by atoms with E-state index in [1.165, 1.54) is 5.56 Å². The van der Waals surface area contributed by atoms with Gasteiger partial charge in [0.2, 0.25) is 5.69 Å². The van der Waals surface area contributed by atoms with Crippen LogP contribution < -0.4 is 4.57 Å². The molecule has 4 rings (SSSR count). The maximum atomic E-state index is 9.79. The van der Waals surface area contributed by atoms with Crippen molar-refractivity contribution in [2.24, 2.45) is 7.05 Å². The average Bonchev–Trinajstić information content (AvgIpc) is 3.01. The Balaban J connectivity index is 2.25. The first kappa shape index (κ1) is 16.4. The molecule has 2 aromatic carbocycles. The molecule has 0 aliphatic heterocycles. The lowest BCUT2D eigenvalue weighted by molar-refractivity contribution is -0.660. The van der Waals surface area contributed by atoms with Crippen molar-refractivity contribution in [3.05, 3.63) is 65.4 Å². The topological polar surface area (TPSA) is 40.8 Å². The lowest BCUT2D eigenvalue weighted by Crippen LogP contribution is -2.30. The summed E-state index contributed by atoms with van der Waals surface area (Å²) in [5, 5.41) is 11.8. The number of fused-ring (bicyclic) bond motifs is 3. The highest BCUT2D eigenvalue weighted by Crippen LogP contribution is 2.41. The van der Waals surface area contributed by atoms with Crippen LogP contribution in [0.5, 0.6) is 0 Å². The zero-order chi connectivity index (χ0) is 18.4. The van der Waals surface area contributed by atoms with Crippen molar-refractivity contribution < 1.29 is 8.98 Å². The van der Waals surface area contributed by atoms with E-state index in [-0.39, 0.29) is 0 Å². The van der Waals surface area contributed by atoms with E-state index in [1.54, 1.807) is 0 Å². The molecule has 0 saturated heterocycles. The van der Waals surface area contributed by atoms with Gasteiger partial charge in [-0.15, -0.1) is 0 Å². The number of furan rings is 1. The lowest BCUT2D eigenvalue weighted by atomic mass is 9.92. The predicted molar refractivity (Wildman–Crippen MR) is 104 cm³/mol. The Morgan fingerprint density at radius 3 is 2.58 bits per heavy atom. The van der Waals surface area contributed by atoms with E-state index in [1.807, 2.05) is 50.5 Å². The van der Waals surface area contributed by atoms with E-state index in [0.29, 0.717) is 11.5 Å². The number of rotatable bonds is 2. The summed E-state index contributed by atoms with van der Waals surface area (Å²) in [4.78, 5) is 0. The number of nitrogens with zero attached hydrogens (tertiary/aromatic N) is 2. The Labute approximate surface area is 153 Å². The highest BCUT2D eigenvalue weighted by molar-refractivity contribution is 6.13. The quantitative estimate of drug-likeness (QED) is 0.459. The third-order valence-electron chi connectivity index (χ3n) is 5.05. The number of benzene rings is 2. The van der Waals surface area contributed by atoms with Crippen LogP contribution in [0.25, 0.3) is 33.2 Å². The van der Waals surface area contributed by atoms with Gasteiger partial charge in [-0.1, -0.05) is 26.0 Å². The normalized spacial score (nSPS) is 11.4. The Kier molecular flexibility index (Phi) is 3.77. The highest BCUT2D eigenvalue weighted by atomic mass is 16.3. The van der Waals surface area contributed by atoms with Gasteiger partial charge in [-0.2, -0.15) is 5.26 Å². The first-order chi connectivity index (χ1) is 12.5. The minimum Gasteiger partial charge on any atom is -0.455 e. The summed E-state index contributed by atoms with van der Waals surface area (Å²) in [5.41, 5.74) is 6.69. The molecule has 0 radical (unpaired) electrons. The van der Waals surface area contributed by atoms with E-state index in [2.05, 4.69) is 36.6 Å². The molecule has 0 aliphatic rings. The summed E-state index contributed by atoms with van der Waals surface area (Å²) in [7, 11) is 2.03. The molecular formula is C23H21N2O+. The van der Waals surface area contributed by atoms with E-state index in [0.717, 1.165) is 38.8 Å². The Morgan fingerprint density at radius 1 is 1.08 bits per heavy atom. The largest absolute Gasteiger partial charge is 0.455 e. The van der Waals surface area contributed by atoms with E-state index in [4.69, 9.17) is 4.42 Å². The molecule has 0 atom stereocenters. The molecule has 3 heteroatoms. The summed E-state index contributed by atoms with van der Waals surface area (Å²) in [6.07, 6.45) is 2.03. The Hall–Kier alpha value is -3.12. The monoisotopic (exact) mass is 341 g/mol. The van der Waals surface area contributed by atoms with Gasteiger partial charge in [-0.05, 0) is 42.2 Å². The summed E-state index contributed by atoms with van der Waals surface area (Å²) >= 11 is 0. The first-order valence-corrected chi connectivity index (χ1v) is 8.86. The standard InChI is InChI=1S/C23H21N2O/c1-14(2)17-8-7-10-19-22(17)21-16(13-24)12-15(3)20(23(21)26-19)18-9-5-6-11-25(18)4/h5-12,14H,1-4H3/q+1. The van der Waals surface area contributed by atoms with Crippen LogP contribution in [0.4, 0.5) is 0 Å². The second-order valence-corrected chi connectivity index (χ2v) is 7.11. The summed E-state index contributed by atoms with van der Waals surface area (Å²) < 4.78 is 8.43. The Bertz CT molecular complexity index is 1190. The second kappa shape index (κ2) is 6.00. The van der Waals surface area contributed by atoms with Gasteiger partial charge in [0.25, 0.3) is 0 Å². The summed E-state index contributed by atoms with van der Waals surface area (Å²) in [6.45, 7) is 6.39. The van der Waals surface area contributed by atoms with Crippen molar-refractivity contribution in [3.8, 4) is 17.3 Å². The van der Waals surface area contributed by atoms with Gasteiger partial charge in [-0.25, -0.2) is 4.57 Å². The number of hydrogen-bond donors (Lipinski definition) is 0. The van der Waals surface area contributed by atoms with Gasteiger partial charge in [0, 0.05) is 22.9 Å². The van der Waals surface area contributed by atoms with Crippen LogP contribution in [0.1, 0.15) is 36.5 Å². The molecule has 2 heterocycles. The fraction of sp³-hybridized carbons (Fsp3) is 0.217. The van der Waals surface area contributed by atoms with Crippen LogP contribution in [0.15, 0.2) is 53.1 Å². The molecule has 0 fully saturated rings. The number of aromatic nitrogens is 1. The van der Waals surface area contributed by atoms with Gasteiger partial charge in [-0.3, -0.25) is 0 Å². The van der Waals surface area contributed by atoms with Crippen LogP contribution >= 0.6 is 0 Å². The summed E-state index contributed by atoms with van der Waals surface area (Å²) in [5.74, 6) is 0.351. The van der Waals surface area contributed by atoms with Gasteiger partial charge in [0.1, 0.15) is 12.6 Å². The molecule has 4 aromatic rings. The van der Waals surface area contributed by atoms with Crippen molar-refractivity contribution >= 4 is 21.9 Å².